The van der Waals surface area contributed by atoms with Gasteiger partial charge >= 0.3 is 0 Å². The summed E-state index contributed by atoms with van der Waals surface area (Å²) in [6.45, 7) is 6.91. The molecule has 1 aromatic heterocycles. The van der Waals surface area contributed by atoms with Gasteiger partial charge in [-0.3, -0.25) is 19.5 Å². The first-order valence-corrected chi connectivity index (χ1v) is 11.8. The van der Waals surface area contributed by atoms with Gasteiger partial charge in [-0.1, -0.05) is 25.1 Å². The van der Waals surface area contributed by atoms with Gasteiger partial charge < -0.3 is 19.5 Å². The molecule has 3 heterocycles. The lowest BCUT2D eigenvalue weighted by Crippen LogP contribution is -2.39. The molecule has 2 fully saturated rings. The molecule has 1 atom stereocenters. The van der Waals surface area contributed by atoms with Crippen molar-refractivity contribution in [1.29, 1.82) is 0 Å². The van der Waals surface area contributed by atoms with Gasteiger partial charge in [-0.25, -0.2) is 0 Å². The Morgan fingerprint density at radius 2 is 2.00 bits per heavy atom. The molecule has 1 amide bonds. The maximum atomic E-state index is 13.1. The Labute approximate surface area is 199 Å². The Hall–Kier alpha value is -3.23. The fraction of sp³-hybridized carbons (Fsp3) is 0.423. The number of benzene rings is 1. The van der Waals surface area contributed by atoms with Gasteiger partial charge in [0.2, 0.25) is 0 Å². The summed E-state index contributed by atoms with van der Waals surface area (Å²) in [6, 6.07) is 9.86. The zero-order chi connectivity index (χ0) is 23.9. The van der Waals surface area contributed by atoms with Crippen LogP contribution in [0.5, 0.6) is 5.75 Å². The number of amides is 1. The van der Waals surface area contributed by atoms with Crippen molar-refractivity contribution >= 4 is 17.4 Å². The second-order valence-electron chi connectivity index (χ2n) is 8.46. The molecule has 8 nitrogen and oxygen atoms in total. The van der Waals surface area contributed by atoms with Gasteiger partial charge in [-0.2, -0.15) is 0 Å². The van der Waals surface area contributed by atoms with Gasteiger partial charge in [0.1, 0.15) is 11.5 Å². The molecule has 0 radical (unpaired) electrons. The standard InChI is InChI=1S/C26H31N3O5/c1-2-14-34-21-8-3-6-19(17-21)24(30)22-23(20-7-4-9-27-18-20)29(26(32)25(22)31)11-5-10-28-12-15-33-16-13-28/h3-4,6-9,17-18,23,30H,2,5,10-16H2,1H3. The number of hydrogen-bond donors (Lipinski definition) is 1. The first-order valence-electron chi connectivity index (χ1n) is 11.8. The number of aromatic nitrogens is 1. The van der Waals surface area contributed by atoms with Crippen LogP contribution in [0.4, 0.5) is 0 Å². The first kappa shape index (κ1) is 23.9. The van der Waals surface area contributed by atoms with Gasteiger partial charge in [-0.15, -0.1) is 0 Å². The van der Waals surface area contributed by atoms with Crippen molar-refractivity contribution in [2.24, 2.45) is 0 Å². The first-order chi connectivity index (χ1) is 16.6. The molecule has 0 bridgehead atoms. The smallest absolute Gasteiger partial charge is 0.295 e. The Morgan fingerprint density at radius 1 is 1.18 bits per heavy atom. The normalized spacial score (nSPS) is 20.6. The number of rotatable bonds is 9. The molecule has 2 aliphatic heterocycles. The quantitative estimate of drug-likeness (QED) is 0.346. The molecule has 0 aliphatic carbocycles. The van der Waals surface area contributed by atoms with E-state index in [0.717, 1.165) is 26.1 Å². The summed E-state index contributed by atoms with van der Waals surface area (Å²) < 4.78 is 11.1. The summed E-state index contributed by atoms with van der Waals surface area (Å²) in [7, 11) is 0. The van der Waals surface area contributed by atoms with Gasteiger partial charge in [-0.05, 0) is 36.6 Å². The average molecular weight is 466 g/mol. The molecule has 2 aromatic rings. The van der Waals surface area contributed by atoms with E-state index in [4.69, 9.17) is 9.47 Å². The Kier molecular flexibility index (Phi) is 7.92. The molecule has 1 unspecified atom stereocenters. The highest BCUT2D eigenvalue weighted by Crippen LogP contribution is 2.39. The number of aliphatic hydroxyl groups is 1. The van der Waals surface area contributed by atoms with Gasteiger partial charge in [0.15, 0.2) is 0 Å². The van der Waals surface area contributed by atoms with Crippen LogP contribution in [0.25, 0.3) is 5.76 Å². The number of hydrogen-bond acceptors (Lipinski definition) is 7. The van der Waals surface area contributed by atoms with Crippen molar-refractivity contribution < 1.29 is 24.2 Å². The number of aliphatic hydroxyl groups excluding tert-OH is 1. The zero-order valence-corrected chi connectivity index (χ0v) is 19.5. The molecule has 180 valence electrons. The summed E-state index contributed by atoms with van der Waals surface area (Å²) in [4.78, 5) is 34.3. The topological polar surface area (TPSA) is 92.2 Å². The number of carbonyl (C=O) groups is 2. The zero-order valence-electron chi connectivity index (χ0n) is 19.5. The number of pyridine rings is 1. The van der Waals surface area contributed by atoms with E-state index < -0.39 is 17.7 Å². The fourth-order valence-corrected chi connectivity index (χ4v) is 4.39. The number of ketones is 1. The number of nitrogens with zero attached hydrogens (tertiary/aromatic N) is 3. The second kappa shape index (κ2) is 11.3. The number of morpholine rings is 1. The predicted octanol–water partition coefficient (Wildman–Crippen LogP) is 3.01. The van der Waals surface area contributed by atoms with E-state index in [-0.39, 0.29) is 11.3 Å². The lowest BCUT2D eigenvalue weighted by Gasteiger charge is -2.29. The molecule has 0 spiro atoms. The Balaban J connectivity index is 1.64. The Bertz CT molecular complexity index is 1030. The van der Waals surface area contributed by atoms with Gasteiger partial charge in [0.05, 0.1) is 31.4 Å². The lowest BCUT2D eigenvalue weighted by molar-refractivity contribution is -0.140. The largest absolute Gasteiger partial charge is 0.507 e. The highest BCUT2D eigenvalue weighted by atomic mass is 16.5. The molecular formula is C26H31N3O5. The highest BCUT2D eigenvalue weighted by Gasteiger charge is 2.46. The van der Waals surface area contributed by atoms with E-state index in [1.54, 1.807) is 47.6 Å². The monoisotopic (exact) mass is 465 g/mol. The number of ether oxygens (including phenoxy) is 2. The fourth-order valence-electron chi connectivity index (χ4n) is 4.39. The van der Waals surface area contributed by atoms with Crippen LogP contribution in [0.2, 0.25) is 0 Å². The van der Waals surface area contributed by atoms with Crippen molar-refractivity contribution in [2.45, 2.75) is 25.8 Å². The highest BCUT2D eigenvalue weighted by molar-refractivity contribution is 6.46. The SMILES string of the molecule is CCCOc1cccc(C(O)=C2C(=O)C(=O)N(CCCN3CCOCC3)C2c2cccnc2)c1. The Morgan fingerprint density at radius 3 is 2.74 bits per heavy atom. The third kappa shape index (κ3) is 5.29. The van der Waals surface area contributed by atoms with Crippen LogP contribution < -0.4 is 4.74 Å². The van der Waals surface area contributed by atoms with Crippen molar-refractivity contribution in [3.05, 3.63) is 65.5 Å². The van der Waals surface area contributed by atoms with E-state index in [0.29, 0.717) is 49.7 Å². The third-order valence-corrected chi connectivity index (χ3v) is 6.10. The minimum Gasteiger partial charge on any atom is -0.507 e. The average Bonchev–Trinajstić information content (AvgIpc) is 3.13. The van der Waals surface area contributed by atoms with Crippen LogP contribution in [0.15, 0.2) is 54.4 Å². The van der Waals surface area contributed by atoms with Gasteiger partial charge in [0, 0.05) is 44.1 Å². The molecule has 1 aromatic carbocycles. The van der Waals surface area contributed by atoms with Crippen molar-refractivity contribution in [3.8, 4) is 5.75 Å². The molecule has 2 saturated heterocycles. The molecule has 1 N–H and O–H groups in total. The number of Topliss-reactive ketones (excluding diaryl/α,β-unsaturated/α-hetero) is 1. The maximum absolute atomic E-state index is 13.1. The minimum absolute atomic E-state index is 0.0806. The molecule has 4 rings (SSSR count). The number of likely N-dealkylation sites (tertiary alicyclic amines) is 1. The van der Waals surface area contributed by atoms with Crippen LogP contribution in [0.3, 0.4) is 0 Å². The third-order valence-electron chi connectivity index (χ3n) is 6.10. The van der Waals surface area contributed by atoms with Crippen molar-refractivity contribution in [1.82, 2.24) is 14.8 Å². The molecular weight excluding hydrogens is 434 g/mol. The summed E-state index contributed by atoms with van der Waals surface area (Å²) in [5, 5.41) is 11.2. The summed E-state index contributed by atoms with van der Waals surface area (Å²) in [5.41, 5.74) is 1.21. The van der Waals surface area contributed by atoms with E-state index in [2.05, 4.69) is 9.88 Å². The molecule has 0 saturated carbocycles. The van der Waals surface area contributed by atoms with E-state index in [1.807, 2.05) is 13.0 Å². The van der Waals surface area contributed by atoms with Crippen molar-refractivity contribution in [3.63, 3.8) is 0 Å². The van der Waals surface area contributed by atoms with Crippen LogP contribution in [-0.2, 0) is 14.3 Å². The second-order valence-corrected chi connectivity index (χ2v) is 8.46. The van der Waals surface area contributed by atoms with E-state index >= 15 is 0 Å². The predicted molar refractivity (Wildman–Crippen MR) is 127 cm³/mol. The van der Waals surface area contributed by atoms with Crippen molar-refractivity contribution in [2.75, 3.05) is 46.0 Å². The molecule has 34 heavy (non-hydrogen) atoms. The lowest BCUT2D eigenvalue weighted by atomic mass is 9.96. The van der Waals surface area contributed by atoms with Gasteiger partial charge in [0.25, 0.3) is 11.7 Å². The van der Waals surface area contributed by atoms with E-state index in [1.165, 1.54) is 0 Å². The van der Waals surface area contributed by atoms with Crippen LogP contribution in [0, 0.1) is 0 Å². The maximum Gasteiger partial charge on any atom is 0.295 e. The van der Waals surface area contributed by atoms with Crippen LogP contribution in [-0.4, -0.2) is 77.6 Å². The molecule has 8 heteroatoms. The summed E-state index contributed by atoms with van der Waals surface area (Å²) in [6.07, 6.45) is 4.85. The number of carbonyl (C=O) groups excluding carboxylic acids is 2. The van der Waals surface area contributed by atoms with Crippen LogP contribution >= 0.6 is 0 Å². The molecule has 2 aliphatic rings. The van der Waals surface area contributed by atoms with Crippen LogP contribution in [0.1, 0.15) is 36.9 Å². The minimum atomic E-state index is -0.696. The summed E-state index contributed by atoms with van der Waals surface area (Å²) >= 11 is 0. The summed E-state index contributed by atoms with van der Waals surface area (Å²) in [5.74, 6) is -0.887. The van der Waals surface area contributed by atoms with E-state index in [9.17, 15) is 14.7 Å².